The van der Waals surface area contributed by atoms with Gasteiger partial charge in [-0.05, 0) is 38.9 Å². The van der Waals surface area contributed by atoms with Gasteiger partial charge in [-0.3, -0.25) is 0 Å². The molecule has 0 saturated heterocycles. The zero-order valence-electron chi connectivity index (χ0n) is 10.4. The smallest absolute Gasteiger partial charge is 0.166 e. The van der Waals surface area contributed by atoms with Gasteiger partial charge in [0.05, 0.1) is 12.7 Å². The van der Waals surface area contributed by atoms with Crippen LogP contribution in [0, 0.1) is 0 Å². The normalized spacial score (nSPS) is 17.4. The maximum Gasteiger partial charge on any atom is 0.166 e. The molecule has 0 aromatic carbocycles. The van der Waals surface area contributed by atoms with Gasteiger partial charge in [-0.1, -0.05) is 19.3 Å². The highest BCUT2D eigenvalue weighted by molar-refractivity contribution is 7.80. The molecule has 0 spiro atoms. The molecule has 0 unspecified atom stereocenters. The van der Waals surface area contributed by atoms with Gasteiger partial charge in [0.25, 0.3) is 0 Å². The van der Waals surface area contributed by atoms with Crippen LogP contribution in [0.2, 0.25) is 0 Å². The first-order valence-corrected chi connectivity index (χ1v) is 6.75. The lowest BCUT2D eigenvalue weighted by molar-refractivity contribution is 0.0830. The Labute approximate surface area is 104 Å². The van der Waals surface area contributed by atoms with Gasteiger partial charge in [-0.15, -0.1) is 0 Å². The van der Waals surface area contributed by atoms with Crippen LogP contribution < -0.4 is 10.6 Å². The number of hydrogen-bond donors (Lipinski definition) is 2. The van der Waals surface area contributed by atoms with Crippen molar-refractivity contribution in [3.63, 3.8) is 0 Å². The molecule has 3 nitrogen and oxygen atoms in total. The largest absolute Gasteiger partial charge is 0.377 e. The Morgan fingerprint density at radius 1 is 1.31 bits per heavy atom. The van der Waals surface area contributed by atoms with E-state index in [1.807, 2.05) is 13.8 Å². The molecule has 0 aromatic rings. The summed E-state index contributed by atoms with van der Waals surface area (Å²) in [6.07, 6.45) is 6.84. The molecule has 0 heterocycles. The summed E-state index contributed by atoms with van der Waals surface area (Å²) in [6, 6.07) is 0.583. The molecule has 1 saturated carbocycles. The zero-order chi connectivity index (χ0) is 11.8. The summed E-state index contributed by atoms with van der Waals surface area (Å²) in [6.45, 7) is 5.58. The van der Waals surface area contributed by atoms with E-state index in [-0.39, 0.29) is 0 Å². The third kappa shape index (κ3) is 6.28. The van der Waals surface area contributed by atoms with Crippen LogP contribution in [0.25, 0.3) is 0 Å². The van der Waals surface area contributed by atoms with Gasteiger partial charge in [0, 0.05) is 12.6 Å². The fraction of sp³-hybridized carbons (Fsp3) is 0.917. The summed E-state index contributed by atoms with van der Waals surface area (Å²) < 4.78 is 5.43. The summed E-state index contributed by atoms with van der Waals surface area (Å²) in [5, 5.41) is 7.33. The highest BCUT2D eigenvalue weighted by Gasteiger charge is 2.13. The van der Waals surface area contributed by atoms with Crippen molar-refractivity contribution in [2.75, 3.05) is 13.2 Å². The summed E-state index contributed by atoms with van der Waals surface area (Å²) in [5.74, 6) is 0. The molecular formula is C12H24N2OS. The topological polar surface area (TPSA) is 33.3 Å². The van der Waals surface area contributed by atoms with E-state index in [0.717, 1.165) is 11.7 Å². The minimum absolute atomic E-state index is 0.293. The highest BCUT2D eigenvalue weighted by atomic mass is 32.1. The van der Waals surface area contributed by atoms with Crippen LogP contribution in [0.5, 0.6) is 0 Å². The Balaban J connectivity index is 2.01. The minimum atomic E-state index is 0.293. The summed E-state index contributed by atoms with van der Waals surface area (Å²) in [4.78, 5) is 0. The van der Waals surface area contributed by atoms with Gasteiger partial charge >= 0.3 is 0 Å². The van der Waals surface area contributed by atoms with Crippen LogP contribution in [0.1, 0.15) is 46.0 Å². The first-order valence-electron chi connectivity index (χ1n) is 6.34. The lowest BCUT2D eigenvalue weighted by Gasteiger charge is -2.24. The van der Waals surface area contributed by atoms with Gasteiger partial charge in [0.2, 0.25) is 0 Å². The van der Waals surface area contributed by atoms with Crippen molar-refractivity contribution in [3.8, 4) is 0 Å². The molecule has 0 bridgehead atoms. The van der Waals surface area contributed by atoms with E-state index in [4.69, 9.17) is 17.0 Å². The Morgan fingerprint density at radius 2 is 2.00 bits per heavy atom. The molecule has 94 valence electrons. The first-order chi connectivity index (χ1) is 7.68. The van der Waals surface area contributed by atoms with Gasteiger partial charge in [0.15, 0.2) is 5.11 Å². The van der Waals surface area contributed by atoms with Crippen molar-refractivity contribution in [1.82, 2.24) is 10.6 Å². The van der Waals surface area contributed by atoms with E-state index in [1.54, 1.807) is 0 Å². The Bertz CT molecular complexity index is 203. The third-order valence-corrected chi connectivity index (χ3v) is 3.04. The second kappa shape index (κ2) is 7.85. The second-order valence-electron chi connectivity index (χ2n) is 4.65. The van der Waals surface area contributed by atoms with Crippen molar-refractivity contribution in [2.24, 2.45) is 0 Å². The van der Waals surface area contributed by atoms with Gasteiger partial charge in [0.1, 0.15) is 0 Å². The second-order valence-corrected chi connectivity index (χ2v) is 5.06. The maximum absolute atomic E-state index is 5.43. The standard InChI is InChI=1S/C12H24N2OS/c1-10(2)15-9-8-13-12(16)14-11-6-4-3-5-7-11/h10-11H,3-9H2,1-2H3,(H2,13,14,16). The van der Waals surface area contributed by atoms with Crippen molar-refractivity contribution >= 4 is 17.3 Å². The predicted molar refractivity (Wildman–Crippen MR) is 71.7 cm³/mol. The number of nitrogens with one attached hydrogen (secondary N) is 2. The molecule has 1 rings (SSSR count). The Morgan fingerprint density at radius 3 is 2.62 bits per heavy atom. The molecule has 0 radical (unpaired) electrons. The van der Waals surface area contributed by atoms with E-state index in [0.29, 0.717) is 18.8 Å². The number of rotatable bonds is 5. The fourth-order valence-corrected chi connectivity index (χ4v) is 2.21. The number of ether oxygens (including phenoxy) is 1. The van der Waals surface area contributed by atoms with Gasteiger partial charge in [-0.2, -0.15) is 0 Å². The molecule has 1 aliphatic carbocycles. The zero-order valence-corrected chi connectivity index (χ0v) is 11.2. The third-order valence-electron chi connectivity index (χ3n) is 2.78. The van der Waals surface area contributed by atoms with Crippen LogP contribution in [-0.2, 0) is 4.74 Å². The van der Waals surface area contributed by atoms with Crippen LogP contribution in [0.3, 0.4) is 0 Å². The first kappa shape index (κ1) is 13.7. The molecule has 0 aromatic heterocycles. The molecule has 0 aliphatic heterocycles. The van der Waals surface area contributed by atoms with E-state index in [9.17, 15) is 0 Å². The average molecular weight is 244 g/mol. The molecule has 1 aliphatic rings. The van der Waals surface area contributed by atoms with Gasteiger partial charge in [-0.25, -0.2) is 0 Å². The van der Waals surface area contributed by atoms with Crippen molar-refractivity contribution in [1.29, 1.82) is 0 Å². The SMILES string of the molecule is CC(C)OCCNC(=S)NC1CCCCC1. The Kier molecular flexibility index (Phi) is 6.73. The van der Waals surface area contributed by atoms with Crippen molar-refractivity contribution < 1.29 is 4.74 Å². The lowest BCUT2D eigenvalue weighted by Crippen LogP contribution is -2.43. The summed E-state index contributed by atoms with van der Waals surface area (Å²) in [5.41, 5.74) is 0. The van der Waals surface area contributed by atoms with Crippen molar-refractivity contribution in [2.45, 2.75) is 58.1 Å². The highest BCUT2D eigenvalue weighted by Crippen LogP contribution is 2.17. The van der Waals surface area contributed by atoms with Crippen LogP contribution in [0.4, 0.5) is 0 Å². The molecule has 1 fully saturated rings. The predicted octanol–water partition coefficient (Wildman–Crippen LogP) is 2.21. The molecule has 0 amide bonds. The fourth-order valence-electron chi connectivity index (χ4n) is 1.94. The minimum Gasteiger partial charge on any atom is -0.377 e. The van der Waals surface area contributed by atoms with E-state index in [2.05, 4.69) is 10.6 Å². The monoisotopic (exact) mass is 244 g/mol. The molecule has 2 N–H and O–H groups in total. The molecular weight excluding hydrogens is 220 g/mol. The molecule has 4 heteroatoms. The van der Waals surface area contributed by atoms with E-state index >= 15 is 0 Å². The maximum atomic E-state index is 5.43. The molecule has 0 atom stereocenters. The average Bonchev–Trinajstić information content (AvgIpc) is 2.25. The van der Waals surface area contributed by atoms with Gasteiger partial charge < -0.3 is 15.4 Å². The van der Waals surface area contributed by atoms with E-state index < -0.39 is 0 Å². The van der Waals surface area contributed by atoms with Crippen LogP contribution in [0.15, 0.2) is 0 Å². The summed E-state index contributed by atoms with van der Waals surface area (Å²) in [7, 11) is 0. The van der Waals surface area contributed by atoms with Crippen molar-refractivity contribution in [3.05, 3.63) is 0 Å². The lowest BCUT2D eigenvalue weighted by atomic mass is 9.96. The summed E-state index contributed by atoms with van der Waals surface area (Å²) >= 11 is 5.24. The Hall–Kier alpha value is -0.350. The quantitative estimate of drug-likeness (QED) is 0.574. The molecule has 16 heavy (non-hydrogen) atoms. The van der Waals surface area contributed by atoms with E-state index in [1.165, 1.54) is 32.1 Å². The number of thiocarbonyl (C=S) groups is 1. The van der Waals surface area contributed by atoms with Crippen LogP contribution >= 0.6 is 12.2 Å². The van der Waals surface area contributed by atoms with Crippen LogP contribution in [-0.4, -0.2) is 30.4 Å². The number of hydrogen-bond acceptors (Lipinski definition) is 2.